The van der Waals surface area contributed by atoms with Crippen LogP contribution in [0.1, 0.15) is 19.3 Å². The third kappa shape index (κ3) is 10.3. The van der Waals surface area contributed by atoms with Gasteiger partial charge in [-0.3, -0.25) is 33.9 Å². The summed E-state index contributed by atoms with van der Waals surface area (Å²) in [6.07, 6.45) is 3.22. The van der Waals surface area contributed by atoms with Gasteiger partial charge in [-0.1, -0.05) is 0 Å². The first kappa shape index (κ1) is 27.9. The van der Waals surface area contributed by atoms with Crippen molar-refractivity contribution >= 4 is 23.7 Å². The molecule has 3 N–H and O–H groups in total. The molecule has 1 unspecified atom stereocenters. The number of ether oxygens (including phenoxy) is 1. The molecule has 12 nitrogen and oxygen atoms in total. The summed E-state index contributed by atoms with van der Waals surface area (Å²) in [6, 6.07) is 0. The van der Waals surface area contributed by atoms with E-state index in [4.69, 9.17) is 4.74 Å². The zero-order valence-electron chi connectivity index (χ0n) is 19.9. The summed E-state index contributed by atoms with van der Waals surface area (Å²) in [5.41, 5.74) is 0. The minimum atomic E-state index is -0.885. The van der Waals surface area contributed by atoms with E-state index in [1.54, 1.807) is 0 Å². The van der Waals surface area contributed by atoms with Crippen molar-refractivity contribution in [1.82, 2.24) is 24.9 Å². The van der Waals surface area contributed by atoms with Gasteiger partial charge in [-0.25, -0.2) is 0 Å². The highest BCUT2D eigenvalue weighted by Crippen LogP contribution is 2.05. The van der Waals surface area contributed by atoms with E-state index in [0.717, 1.165) is 43.9 Å². The highest BCUT2D eigenvalue weighted by atomic mass is 16.6. The number of β-amino-alcohol motifs (C(OH)–C–C–N with tert-alkyl or cyclic N) is 1. The van der Waals surface area contributed by atoms with Gasteiger partial charge in [0.2, 0.25) is 5.91 Å². The molecule has 1 fully saturated rings. The summed E-state index contributed by atoms with van der Waals surface area (Å²) < 4.78 is 4.96. The molecule has 1 saturated heterocycles. The van der Waals surface area contributed by atoms with Crippen molar-refractivity contribution in [1.29, 1.82) is 0 Å². The molecule has 0 spiro atoms. The molecule has 3 amide bonds. The largest absolute Gasteiger partial charge is 0.480 e. The number of methoxy groups -OCH3 is 1. The molecule has 2 aliphatic heterocycles. The Kier molecular flexibility index (Phi) is 12.1. The van der Waals surface area contributed by atoms with Crippen LogP contribution in [0.4, 0.5) is 0 Å². The van der Waals surface area contributed by atoms with E-state index in [1.165, 1.54) is 19.3 Å². The van der Waals surface area contributed by atoms with Gasteiger partial charge in [0.05, 0.1) is 6.54 Å². The van der Waals surface area contributed by atoms with Crippen molar-refractivity contribution in [2.24, 2.45) is 0 Å². The molecule has 0 bridgehead atoms. The lowest BCUT2D eigenvalue weighted by Crippen LogP contribution is -2.41. The number of amides is 3. The second-order valence-electron chi connectivity index (χ2n) is 8.47. The number of imide groups is 1. The summed E-state index contributed by atoms with van der Waals surface area (Å²) in [5, 5.41) is 21.8. The number of carboxylic acid groups (broad SMARTS) is 1. The van der Waals surface area contributed by atoms with E-state index in [0.29, 0.717) is 32.7 Å². The number of aliphatic hydroxyl groups excluding tert-OH is 1. The average molecular weight is 484 g/mol. The number of hydrogen-bond acceptors (Lipinski definition) is 9. The standard InChI is InChI=1S/C22H37N5O7/c1-34-22(33)17-26-13-11-24(10-12-25(14-15-26)16-21(31)32)8-3-2-7-23-18(28)6-9-27-19(29)4-5-20(27)30/h4-5,22,33H,2-3,6-17H2,1H3,(H,23,28)(H,31,32). The average Bonchev–Trinajstić information content (AvgIpc) is 3.15. The number of aliphatic carboxylic acids is 1. The zero-order valence-corrected chi connectivity index (χ0v) is 19.9. The Morgan fingerprint density at radius 1 is 0.971 bits per heavy atom. The predicted molar refractivity (Wildman–Crippen MR) is 123 cm³/mol. The van der Waals surface area contributed by atoms with E-state index in [-0.39, 0.29) is 37.2 Å². The molecule has 1 atom stereocenters. The smallest absolute Gasteiger partial charge is 0.317 e. The van der Waals surface area contributed by atoms with Crippen molar-refractivity contribution in [3.05, 3.63) is 12.2 Å². The van der Waals surface area contributed by atoms with Gasteiger partial charge in [0.25, 0.3) is 11.8 Å². The highest BCUT2D eigenvalue weighted by molar-refractivity contribution is 6.13. The van der Waals surface area contributed by atoms with Gasteiger partial charge in [0.1, 0.15) is 0 Å². The lowest BCUT2D eigenvalue weighted by atomic mass is 10.2. The molecule has 0 saturated carbocycles. The molecule has 192 valence electrons. The normalized spacial score (nSPS) is 19.6. The number of carbonyl (C=O) groups is 4. The minimum Gasteiger partial charge on any atom is -0.480 e. The molecule has 0 aromatic carbocycles. The number of aliphatic hydroxyl groups is 1. The first-order chi connectivity index (χ1) is 16.3. The van der Waals surface area contributed by atoms with E-state index < -0.39 is 12.3 Å². The number of nitrogens with one attached hydrogen (secondary N) is 1. The summed E-state index contributed by atoms with van der Waals surface area (Å²) in [6.45, 7) is 5.89. The quantitative estimate of drug-likeness (QED) is 0.155. The van der Waals surface area contributed by atoms with Gasteiger partial charge in [0, 0.05) is 84.6 Å². The van der Waals surface area contributed by atoms with Gasteiger partial charge in [-0.05, 0) is 19.4 Å². The molecule has 34 heavy (non-hydrogen) atoms. The molecule has 2 heterocycles. The number of hydrogen-bond donors (Lipinski definition) is 3. The van der Waals surface area contributed by atoms with Gasteiger partial charge in [-0.15, -0.1) is 0 Å². The molecule has 2 rings (SSSR count). The Bertz CT molecular complexity index is 714. The SMILES string of the molecule is COC(O)CN1CCN(CCCCNC(=O)CCN2C(=O)C=CC2=O)CCN(CC(=O)O)CC1. The van der Waals surface area contributed by atoms with Crippen LogP contribution in [-0.2, 0) is 23.9 Å². The van der Waals surface area contributed by atoms with Gasteiger partial charge < -0.3 is 25.2 Å². The third-order valence-corrected chi connectivity index (χ3v) is 5.93. The van der Waals surface area contributed by atoms with Gasteiger partial charge >= 0.3 is 5.97 Å². The highest BCUT2D eigenvalue weighted by Gasteiger charge is 2.23. The van der Waals surface area contributed by atoms with Crippen molar-refractivity contribution < 1.29 is 34.1 Å². The van der Waals surface area contributed by atoms with Crippen LogP contribution in [0.15, 0.2) is 12.2 Å². The topological polar surface area (TPSA) is 143 Å². The third-order valence-electron chi connectivity index (χ3n) is 5.93. The van der Waals surface area contributed by atoms with Crippen LogP contribution < -0.4 is 5.32 Å². The number of carbonyl (C=O) groups excluding carboxylic acids is 3. The second-order valence-corrected chi connectivity index (χ2v) is 8.47. The Hall–Kier alpha value is -2.38. The first-order valence-corrected chi connectivity index (χ1v) is 11.7. The van der Waals surface area contributed by atoms with Crippen LogP contribution in [0, 0.1) is 0 Å². The summed E-state index contributed by atoms with van der Waals surface area (Å²) in [5.74, 6) is -1.84. The molecule has 0 radical (unpaired) electrons. The van der Waals surface area contributed by atoms with Crippen LogP contribution in [0.5, 0.6) is 0 Å². The van der Waals surface area contributed by atoms with E-state index in [1.807, 2.05) is 4.90 Å². The summed E-state index contributed by atoms with van der Waals surface area (Å²) in [7, 11) is 1.45. The summed E-state index contributed by atoms with van der Waals surface area (Å²) >= 11 is 0. The van der Waals surface area contributed by atoms with E-state index in [9.17, 15) is 29.4 Å². The van der Waals surface area contributed by atoms with Gasteiger partial charge in [0.15, 0.2) is 6.29 Å². The minimum absolute atomic E-state index is 0.0226. The maximum atomic E-state index is 12.0. The lowest BCUT2D eigenvalue weighted by molar-refractivity contribution is -0.139. The van der Waals surface area contributed by atoms with Crippen molar-refractivity contribution in [3.63, 3.8) is 0 Å². The first-order valence-electron chi connectivity index (χ1n) is 11.7. The zero-order chi connectivity index (χ0) is 24.9. The van der Waals surface area contributed by atoms with Crippen LogP contribution in [0.2, 0.25) is 0 Å². The predicted octanol–water partition coefficient (Wildman–Crippen LogP) is -1.83. The fourth-order valence-corrected chi connectivity index (χ4v) is 3.88. The lowest BCUT2D eigenvalue weighted by Gasteiger charge is -2.27. The van der Waals surface area contributed by atoms with Crippen molar-refractivity contribution in [3.8, 4) is 0 Å². The van der Waals surface area contributed by atoms with Crippen LogP contribution in [-0.4, -0.2) is 139 Å². The molecular weight excluding hydrogens is 446 g/mol. The fourth-order valence-electron chi connectivity index (χ4n) is 3.88. The Morgan fingerprint density at radius 2 is 1.56 bits per heavy atom. The van der Waals surface area contributed by atoms with E-state index in [2.05, 4.69) is 15.1 Å². The van der Waals surface area contributed by atoms with E-state index >= 15 is 0 Å². The number of rotatable bonds is 13. The van der Waals surface area contributed by atoms with Crippen LogP contribution in [0.25, 0.3) is 0 Å². The molecule has 2 aliphatic rings. The maximum Gasteiger partial charge on any atom is 0.317 e. The maximum absolute atomic E-state index is 12.0. The van der Waals surface area contributed by atoms with Crippen LogP contribution in [0.3, 0.4) is 0 Å². The number of unbranched alkanes of at least 4 members (excludes halogenated alkanes) is 1. The van der Waals surface area contributed by atoms with Crippen molar-refractivity contribution in [2.75, 3.05) is 79.1 Å². The second kappa shape index (κ2) is 14.8. The Morgan fingerprint density at radius 3 is 2.15 bits per heavy atom. The Balaban J connectivity index is 1.70. The Labute approximate surface area is 200 Å². The number of carboxylic acids is 1. The van der Waals surface area contributed by atoms with Crippen LogP contribution >= 0.6 is 0 Å². The number of nitrogens with zero attached hydrogens (tertiary/aromatic N) is 4. The molecule has 0 aromatic rings. The molecule has 0 aromatic heterocycles. The van der Waals surface area contributed by atoms with Crippen molar-refractivity contribution in [2.45, 2.75) is 25.6 Å². The molecule has 12 heteroatoms. The fraction of sp³-hybridized carbons (Fsp3) is 0.727. The summed E-state index contributed by atoms with van der Waals surface area (Å²) in [4.78, 5) is 53.5. The molecular formula is C22H37N5O7. The monoisotopic (exact) mass is 483 g/mol. The van der Waals surface area contributed by atoms with Gasteiger partial charge in [-0.2, -0.15) is 0 Å². The molecule has 0 aliphatic carbocycles.